The molecule has 1 rings (SSSR count). The molecule has 0 aromatic carbocycles. The summed E-state index contributed by atoms with van der Waals surface area (Å²) in [6.07, 6.45) is 2.23. The highest BCUT2D eigenvalue weighted by Gasteiger charge is 2.21. The van der Waals surface area contributed by atoms with E-state index in [0.717, 1.165) is 31.9 Å². The van der Waals surface area contributed by atoms with E-state index in [0.29, 0.717) is 18.6 Å². The highest BCUT2D eigenvalue weighted by molar-refractivity contribution is 5.81. The summed E-state index contributed by atoms with van der Waals surface area (Å²) in [7, 11) is 3.16. The molecule has 0 spiro atoms. The zero-order valence-corrected chi connectivity index (χ0v) is 14.0. The molecule has 1 heterocycles. The number of nitrogens with one attached hydrogen (secondary N) is 2. The van der Waals surface area contributed by atoms with Crippen LogP contribution in [0.15, 0.2) is 4.99 Å². The lowest BCUT2D eigenvalue weighted by Gasteiger charge is -2.35. The van der Waals surface area contributed by atoms with Gasteiger partial charge in [0, 0.05) is 38.8 Å². The van der Waals surface area contributed by atoms with Crippen LogP contribution < -0.4 is 10.6 Å². The molecule has 1 aliphatic rings. The first-order valence-electron chi connectivity index (χ1n) is 7.77. The summed E-state index contributed by atoms with van der Waals surface area (Å²) in [5, 5.41) is 6.63. The molecular formula is C15H30N4O2. The van der Waals surface area contributed by atoms with Crippen molar-refractivity contribution in [2.75, 3.05) is 33.8 Å². The maximum absolute atomic E-state index is 11.4. The first kappa shape index (κ1) is 17.8. The molecule has 0 aliphatic carbocycles. The number of hydrogen-bond acceptors (Lipinski definition) is 4. The molecule has 1 fully saturated rings. The van der Waals surface area contributed by atoms with Gasteiger partial charge in [0.1, 0.15) is 0 Å². The molecule has 0 aromatic heterocycles. The van der Waals surface area contributed by atoms with Gasteiger partial charge in [0.25, 0.3) is 0 Å². The second kappa shape index (κ2) is 8.87. The van der Waals surface area contributed by atoms with E-state index in [9.17, 15) is 4.79 Å². The molecule has 6 nitrogen and oxygen atoms in total. The lowest BCUT2D eigenvalue weighted by atomic mass is 10.0. The Morgan fingerprint density at radius 3 is 2.43 bits per heavy atom. The number of aliphatic imine (C=N–C) groups is 1. The molecule has 1 atom stereocenters. The van der Waals surface area contributed by atoms with Crippen molar-refractivity contribution >= 4 is 11.9 Å². The van der Waals surface area contributed by atoms with Crippen LogP contribution >= 0.6 is 0 Å². The normalized spacial score (nSPS) is 19.4. The number of ether oxygens (including phenoxy) is 1. The fourth-order valence-corrected chi connectivity index (χ4v) is 2.48. The molecular weight excluding hydrogens is 268 g/mol. The zero-order valence-electron chi connectivity index (χ0n) is 14.0. The highest BCUT2D eigenvalue weighted by Crippen LogP contribution is 2.12. The van der Waals surface area contributed by atoms with E-state index < -0.39 is 0 Å². The predicted octanol–water partition coefficient (Wildman–Crippen LogP) is 0.833. The van der Waals surface area contributed by atoms with Crippen molar-refractivity contribution in [3.8, 4) is 0 Å². The summed E-state index contributed by atoms with van der Waals surface area (Å²) in [6.45, 7) is 9.07. The third kappa shape index (κ3) is 5.91. The Labute approximate surface area is 128 Å². The van der Waals surface area contributed by atoms with E-state index in [1.54, 1.807) is 7.05 Å². The SMILES string of the molecule is CN=C(NCC(C)C(=O)OC)NC1CCN(C(C)C)CC1. The predicted molar refractivity (Wildman–Crippen MR) is 85.4 cm³/mol. The summed E-state index contributed by atoms with van der Waals surface area (Å²) < 4.78 is 4.72. The molecule has 122 valence electrons. The van der Waals surface area contributed by atoms with Crippen molar-refractivity contribution in [2.24, 2.45) is 10.9 Å². The van der Waals surface area contributed by atoms with Crippen molar-refractivity contribution in [1.82, 2.24) is 15.5 Å². The van der Waals surface area contributed by atoms with Crippen LogP contribution in [0.1, 0.15) is 33.6 Å². The molecule has 1 saturated heterocycles. The Morgan fingerprint density at radius 1 is 1.33 bits per heavy atom. The van der Waals surface area contributed by atoms with Gasteiger partial charge in [-0.3, -0.25) is 9.79 Å². The number of methoxy groups -OCH3 is 1. The lowest BCUT2D eigenvalue weighted by Crippen LogP contribution is -2.50. The first-order valence-corrected chi connectivity index (χ1v) is 7.77. The molecule has 0 bridgehead atoms. The molecule has 0 amide bonds. The average Bonchev–Trinajstić information content (AvgIpc) is 2.50. The molecule has 6 heteroatoms. The molecule has 1 aliphatic heterocycles. The molecule has 0 radical (unpaired) electrons. The first-order chi connectivity index (χ1) is 9.97. The monoisotopic (exact) mass is 298 g/mol. The van der Waals surface area contributed by atoms with Gasteiger partial charge in [-0.1, -0.05) is 6.92 Å². The van der Waals surface area contributed by atoms with Gasteiger partial charge >= 0.3 is 5.97 Å². The molecule has 1 unspecified atom stereocenters. The number of piperidine rings is 1. The smallest absolute Gasteiger partial charge is 0.310 e. The van der Waals surface area contributed by atoms with Gasteiger partial charge in [-0.25, -0.2) is 0 Å². The van der Waals surface area contributed by atoms with Crippen LogP contribution in [0.2, 0.25) is 0 Å². The fraction of sp³-hybridized carbons (Fsp3) is 0.867. The number of guanidine groups is 1. The van der Waals surface area contributed by atoms with Crippen molar-refractivity contribution in [1.29, 1.82) is 0 Å². The van der Waals surface area contributed by atoms with Crippen LogP contribution in [0.4, 0.5) is 0 Å². The minimum Gasteiger partial charge on any atom is -0.469 e. The number of hydrogen-bond donors (Lipinski definition) is 2. The van der Waals surface area contributed by atoms with Gasteiger partial charge in [0.05, 0.1) is 13.0 Å². The van der Waals surface area contributed by atoms with E-state index in [2.05, 4.69) is 34.4 Å². The quantitative estimate of drug-likeness (QED) is 0.447. The average molecular weight is 298 g/mol. The number of nitrogens with zero attached hydrogens (tertiary/aromatic N) is 2. The van der Waals surface area contributed by atoms with E-state index in [4.69, 9.17) is 4.74 Å². The van der Waals surface area contributed by atoms with Crippen LogP contribution in [-0.2, 0) is 9.53 Å². The fourth-order valence-electron chi connectivity index (χ4n) is 2.48. The molecule has 0 aromatic rings. The molecule has 2 N–H and O–H groups in total. The largest absolute Gasteiger partial charge is 0.469 e. The minimum absolute atomic E-state index is 0.184. The van der Waals surface area contributed by atoms with Gasteiger partial charge in [-0.2, -0.15) is 0 Å². The van der Waals surface area contributed by atoms with Gasteiger partial charge in [-0.05, 0) is 26.7 Å². The minimum atomic E-state index is -0.205. The van der Waals surface area contributed by atoms with Gasteiger partial charge in [-0.15, -0.1) is 0 Å². The summed E-state index contributed by atoms with van der Waals surface area (Å²) in [6, 6.07) is 1.06. The summed E-state index contributed by atoms with van der Waals surface area (Å²) in [4.78, 5) is 18.1. The van der Waals surface area contributed by atoms with E-state index in [1.165, 1.54) is 7.11 Å². The van der Waals surface area contributed by atoms with E-state index >= 15 is 0 Å². The van der Waals surface area contributed by atoms with E-state index in [-0.39, 0.29) is 11.9 Å². The Hall–Kier alpha value is -1.30. The van der Waals surface area contributed by atoms with E-state index in [1.807, 2.05) is 6.92 Å². The Morgan fingerprint density at radius 2 is 1.95 bits per heavy atom. The Balaban J connectivity index is 2.34. The van der Waals surface area contributed by atoms with Crippen molar-refractivity contribution in [3.63, 3.8) is 0 Å². The third-order valence-corrected chi connectivity index (χ3v) is 4.00. The number of carbonyl (C=O) groups is 1. The third-order valence-electron chi connectivity index (χ3n) is 4.00. The van der Waals surface area contributed by atoms with Crippen molar-refractivity contribution in [2.45, 2.75) is 45.7 Å². The standard InChI is InChI=1S/C15H30N4O2/c1-11(2)19-8-6-13(7-9-19)18-15(16-4)17-10-12(3)14(20)21-5/h11-13H,6-10H2,1-5H3,(H2,16,17,18). The maximum Gasteiger partial charge on any atom is 0.310 e. The van der Waals surface area contributed by atoms with Crippen LogP contribution in [0.5, 0.6) is 0 Å². The van der Waals surface area contributed by atoms with Crippen LogP contribution in [0, 0.1) is 5.92 Å². The number of rotatable bonds is 5. The number of carbonyl (C=O) groups excluding carboxylic acids is 1. The van der Waals surface area contributed by atoms with Crippen molar-refractivity contribution in [3.05, 3.63) is 0 Å². The van der Waals surface area contributed by atoms with Gasteiger partial charge in [0.15, 0.2) is 5.96 Å². The Bertz CT molecular complexity index is 350. The van der Waals surface area contributed by atoms with Crippen LogP contribution in [-0.4, -0.2) is 62.7 Å². The second-order valence-electron chi connectivity index (χ2n) is 5.93. The zero-order chi connectivity index (χ0) is 15.8. The number of esters is 1. The lowest BCUT2D eigenvalue weighted by molar-refractivity contribution is -0.144. The van der Waals surface area contributed by atoms with Gasteiger partial charge < -0.3 is 20.3 Å². The molecule has 21 heavy (non-hydrogen) atoms. The highest BCUT2D eigenvalue weighted by atomic mass is 16.5. The Kier molecular flexibility index (Phi) is 7.50. The maximum atomic E-state index is 11.4. The summed E-state index contributed by atoms with van der Waals surface area (Å²) >= 11 is 0. The van der Waals surface area contributed by atoms with Crippen molar-refractivity contribution < 1.29 is 9.53 Å². The second-order valence-corrected chi connectivity index (χ2v) is 5.93. The topological polar surface area (TPSA) is 66.0 Å². The molecule has 0 saturated carbocycles. The van der Waals surface area contributed by atoms with Crippen LogP contribution in [0.3, 0.4) is 0 Å². The summed E-state index contributed by atoms with van der Waals surface area (Å²) in [5.74, 6) is 0.369. The van der Waals surface area contributed by atoms with Gasteiger partial charge in [0.2, 0.25) is 0 Å². The number of likely N-dealkylation sites (tertiary alicyclic amines) is 1. The summed E-state index contributed by atoms with van der Waals surface area (Å²) in [5.41, 5.74) is 0. The van der Waals surface area contributed by atoms with Crippen LogP contribution in [0.25, 0.3) is 0 Å².